The van der Waals surface area contributed by atoms with E-state index in [1.165, 1.54) is 24.3 Å². The molecule has 3 aromatic carbocycles. The summed E-state index contributed by atoms with van der Waals surface area (Å²) in [5.41, 5.74) is 4.82. The maximum absolute atomic E-state index is 14.0. The van der Waals surface area contributed by atoms with Crippen LogP contribution >= 0.6 is 0 Å². The molecule has 2 aliphatic rings. The minimum Gasteiger partial charge on any atom is -0.342 e. The summed E-state index contributed by atoms with van der Waals surface area (Å²) in [5, 5.41) is 9.38. The molecule has 0 N–H and O–H groups in total. The Bertz CT molecular complexity index is 1260. The van der Waals surface area contributed by atoms with Crippen LogP contribution in [-0.2, 0) is 6.54 Å². The summed E-state index contributed by atoms with van der Waals surface area (Å²) < 4.78 is 29.6. The van der Waals surface area contributed by atoms with E-state index in [4.69, 9.17) is 0 Å². The Hall–Kier alpha value is -3.60. The lowest BCUT2D eigenvalue weighted by Crippen LogP contribution is -2.04. The fourth-order valence-electron chi connectivity index (χ4n) is 3.59. The first-order valence-electron chi connectivity index (χ1n) is 8.94. The SMILES string of the molecule is Fc1cccc(Cn2cc3c(-c4ccccc4)nnc-3c3cc(F)ccc32)c1. The molecule has 3 nitrogen and oxygen atoms in total. The molecule has 2 heterocycles. The van der Waals surface area contributed by atoms with E-state index in [1.54, 1.807) is 12.1 Å². The maximum atomic E-state index is 14.0. The minimum absolute atomic E-state index is 0.281. The lowest BCUT2D eigenvalue weighted by Gasteiger charge is -2.15. The van der Waals surface area contributed by atoms with E-state index >= 15 is 0 Å². The van der Waals surface area contributed by atoms with Crippen molar-refractivity contribution >= 4 is 10.9 Å². The summed E-state index contributed by atoms with van der Waals surface area (Å²) >= 11 is 0. The van der Waals surface area contributed by atoms with E-state index in [-0.39, 0.29) is 11.6 Å². The second-order valence-corrected chi connectivity index (χ2v) is 6.73. The van der Waals surface area contributed by atoms with Crippen molar-refractivity contribution in [2.45, 2.75) is 6.54 Å². The van der Waals surface area contributed by atoms with Gasteiger partial charge in [0, 0.05) is 29.3 Å². The highest BCUT2D eigenvalue weighted by atomic mass is 19.1. The van der Waals surface area contributed by atoms with E-state index in [2.05, 4.69) is 10.2 Å². The standard InChI is InChI=1S/C23H15F2N3/c24-17-8-4-5-15(11-17)13-28-14-20-22(16-6-2-1-3-7-16)26-27-23(20)19-12-18(25)9-10-21(19)28/h1-12,14H,13H2. The lowest BCUT2D eigenvalue weighted by molar-refractivity contribution is 0.624. The molecule has 0 amide bonds. The van der Waals surface area contributed by atoms with Crippen molar-refractivity contribution in [2.75, 3.05) is 0 Å². The van der Waals surface area contributed by atoms with E-state index in [1.807, 2.05) is 47.2 Å². The Balaban J connectivity index is 1.76. The van der Waals surface area contributed by atoms with Crippen LogP contribution in [0.5, 0.6) is 0 Å². The molecule has 0 atom stereocenters. The average molecular weight is 371 g/mol. The molecule has 136 valence electrons. The number of aromatic nitrogens is 3. The third-order valence-corrected chi connectivity index (χ3v) is 4.86. The molecular formula is C23H15F2N3. The molecule has 0 saturated heterocycles. The van der Waals surface area contributed by atoms with Crippen LogP contribution in [-0.4, -0.2) is 14.8 Å². The number of nitrogens with zero attached hydrogens (tertiary/aromatic N) is 3. The van der Waals surface area contributed by atoms with Crippen LogP contribution in [0.25, 0.3) is 33.4 Å². The molecule has 0 spiro atoms. The number of hydrogen-bond donors (Lipinski definition) is 0. The largest absolute Gasteiger partial charge is 0.342 e. The van der Waals surface area contributed by atoms with Crippen molar-refractivity contribution in [3.8, 4) is 22.5 Å². The summed E-state index contributed by atoms with van der Waals surface area (Å²) in [6, 6.07) is 20.9. The first-order chi connectivity index (χ1) is 13.7. The topological polar surface area (TPSA) is 30.7 Å². The zero-order valence-corrected chi connectivity index (χ0v) is 14.8. The van der Waals surface area contributed by atoms with Crippen LogP contribution in [0.2, 0.25) is 0 Å². The number of hydrogen-bond acceptors (Lipinski definition) is 2. The molecule has 0 fully saturated rings. The average Bonchev–Trinajstić information content (AvgIpc) is 3.13. The Morgan fingerprint density at radius 2 is 1.54 bits per heavy atom. The summed E-state index contributed by atoms with van der Waals surface area (Å²) in [7, 11) is 0. The van der Waals surface area contributed by atoms with E-state index < -0.39 is 0 Å². The van der Waals surface area contributed by atoms with E-state index in [0.29, 0.717) is 17.6 Å². The molecule has 3 aromatic rings. The van der Waals surface area contributed by atoms with Crippen molar-refractivity contribution in [2.24, 2.45) is 0 Å². The van der Waals surface area contributed by atoms with Gasteiger partial charge in [-0.25, -0.2) is 8.78 Å². The van der Waals surface area contributed by atoms with Gasteiger partial charge in [0.1, 0.15) is 23.0 Å². The predicted octanol–water partition coefficient (Wildman–Crippen LogP) is 5.53. The maximum Gasteiger partial charge on any atom is 0.124 e. The Morgan fingerprint density at radius 3 is 2.36 bits per heavy atom. The molecule has 5 heteroatoms. The highest BCUT2D eigenvalue weighted by molar-refractivity contribution is 5.98. The molecule has 28 heavy (non-hydrogen) atoms. The zero-order chi connectivity index (χ0) is 19.1. The molecule has 0 aromatic heterocycles. The van der Waals surface area contributed by atoms with Gasteiger partial charge < -0.3 is 4.57 Å². The van der Waals surface area contributed by atoms with Gasteiger partial charge in [-0.1, -0.05) is 42.5 Å². The number of fused-ring (bicyclic) bond motifs is 3. The normalized spacial score (nSPS) is 11.4. The van der Waals surface area contributed by atoms with Gasteiger partial charge in [0.05, 0.1) is 5.52 Å². The van der Waals surface area contributed by atoms with Gasteiger partial charge in [-0.05, 0) is 35.9 Å². The summed E-state index contributed by atoms with van der Waals surface area (Å²) in [4.78, 5) is 0. The number of halogens is 2. The van der Waals surface area contributed by atoms with Crippen LogP contribution in [0.4, 0.5) is 8.78 Å². The summed E-state index contributed by atoms with van der Waals surface area (Å²) in [6.45, 7) is 0.454. The molecule has 2 aliphatic heterocycles. The van der Waals surface area contributed by atoms with Gasteiger partial charge in [-0.3, -0.25) is 0 Å². The third kappa shape index (κ3) is 2.81. The van der Waals surface area contributed by atoms with Gasteiger partial charge in [-0.15, -0.1) is 10.2 Å². The van der Waals surface area contributed by atoms with Gasteiger partial charge >= 0.3 is 0 Å². The van der Waals surface area contributed by atoms with Gasteiger partial charge in [0.25, 0.3) is 0 Å². The quantitative estimate of drug-likeness (QED) is 0.417. The Morgan fingerprint density at radius 1 is 0.750 bits per heavy atom. The van der Waals surface area contributed by atoms with Crippen molar-refractivity contribution in [3.05, 3.63) is 96.2 Å². The number of rotatable bonds is 3. The van der Waals surface area contributed by atoms with Gasteiger partial charge in [0.2, 0.25) is 0 Å². The number of benzene rings is 3. The Kier molecular flexibility index (Phi) is 3.86. The highest BCUT2D eigenvalue weighted by Gasteiger charge is 2.20. The molecule has 0 unspecified atom stereocenters. The molecule has 0 bridgehead atoms. The predicted molar refractivity (Wildman–Crippen MR) is 105 cm³/mol. The fourth-order valence-corrected chi connectivity index (χ4v) is 3.59. The molecule has 0 saturated carbocycles. The van der Waals surface area contributed by atoms with Crippen LogP contribution in [0.3, 0.4) is 0 Å². The van der Waals surface area contributed by atoms with E-state index in [9.17, 15) is 8.78 Å². The molecule has 5 rings (SSSR count). The number of pyridine rings is 1. The highest BCUT2D eigenvalue weighted by Crippen LogP contribution is 2.36. The van der Waals surface area contributed by atoms with Crippen molar-refractivity contribution < 1.29 is 8.78 Å². The van der Waals surface area contributed by atoms with Crippen molar-refractivity contribution in [1.29, 1.82) is 0 Å². The first-order valence-corrected chi connectivity index (χ1v) is 8.94. The monoisotopic (exact) mass is 371 g/mol. The van der Waals surface area contributed by atoms with E-state index in [0.717, 1.165) is 27.9 Å². The van der Waals surface area contributed by atoms with Gasteiger partial charge in [-0.2, -0.15) is 0 Å². The minimum atomic E-state index is -0.332. The van der Waals surface area contributed by atoms with Crippen LogP contribution in [0.1, 0.15) is 5.56 Å². The smallest absolute Gasteiger partial charge is 0.124 e. The first kappa shape index (κ1) is 16.6. The van der Waals surface area contributed by atoms with Crippen LogP contribution < -0.4 is 0 Å². The third-order valence-electron chi connectivity index (χ3n) is 4.86. The molecule has 0 aliphatic carbocycles. The fraction of sp³-hybridized carbons (Fsp3) is 0.0435. The van der Waals surface area contributed by atoms with Crippen LogP contribution in [0, 0.1) is 11.6 Å². The van der Waals surface area contributed by atoms with Crippen molar-refractivity contribution in [1.82, 2.24) is 14.8 Å². The Labute approximate surface area is 160 Å². The molecule has 0 radical (unpaired) electrons. The second-order valence-electron chi connectivity index (χ2n) is 6.73. The van der Waals surface area contributed by atoms with Gasteiger partial charge in [0.15, 0.2) is 0 Å². The lowest BCUT2D eigenvalue weighted by atomic mass is 10.0. The summed E-state index contributed by atoms with van der Waals surface area (Å²) in [5.74, 6) is -0.613. The molecular weight excluding hydrogens is 356 g/mol. The van der Waals surface area contributed by atoms with Crippen LogP contribution in [0.15, 0.2) is 79.0 Å². The zero-order valence-electron chi connectivity index (χ0n) is 14.8. The summed E-state index contributed by atoms with van der Waals surface area (Å²) in [6.07, 6.45) is 1.96. The second kappa shape index (κ2) is 6.53. The van der Waals surface area contributed by atoms with Crippen molar-refractivity contribution in [3.63, 3.8) is 0 Å².